The van der Waals surface area contributed by atoms with Gasteiger partial charge in [0.25, 0.3) is 0 Å². The van der Waals surface area contributed by atoms with Crippen LogP contribution in [-0.4, -0.2) is 29.9 Å². The zero-order valence-electron chi connectivity index (χ0n) is 10.3. The van der Waals surface area contributed by atoms with Crippen molar-refractivity contribution in [2.45, 2.75) is 25.1 Å². The second kappa shape index (κ2) is 5.21. The van der Waals surface area contributed by atoms with E-state index < -0.39 is 11.7 Å². The van der Waals surface area contributed by atoms with Crippen LogP contribution in [0.2, 0.25) is 0 Å². The van der Waals surface area contributed by atoms with E-state index in [0.29, 0.717) is 18.7 Å². The van der Waals surface area contributed by atoms with Gasteiger partial charge in [-0.2, -0.15) is 13.2 Å². The standard InChI is InChI=1S/C13H15F3N2O/c14-13(15,16)10-3-1-2-9(6-10)7-12(19)18-5-4-11(17)8-18/h1-3,6,11H,4-5,7-8,17H2. The first-order valence-electron chi connectivity index (χ1n) is 6.06. The monoisotopic (exact) mass is 272 g/mol. The van der Waals surface area contributed by atoms with E-state index in [-0.39, 0.29) is 18.4 Å². The number of halogens is 3. The Hall–Kier alpha value is -1.56. The summed E-state index contributed by atoms with van der Waals surface area (Å²) in [5.74, 6) is -0.174. The first-order chi connectivity index (χ1) is 8.86. The first-order valence-corrected chi connectivity index (χ1v) is 6.06. The third kappa shape index (κ3) is 3.47. The molecule has 6 heteroatoms. The van der Waals surface area contributed by atoms with Gasteiger partial charge in [-0.05, 0) is 18.1 Å². The molecule has 0 spiro atoms. The number of rotatable bonds is 2. The van der Waals surface area contributed by atoms with E-state index in [2.05, 4.69) is 0 Å². The molecule has 1 heterocycles. The molecule has 1 unspecified atom stereocenters. The average Bonchev–Trinajstić information content (AvgIpc) is 2.75. The summed E-state index contributed by atoms with van der Waals surface area (Å²) in [5, 5.41) is 0. The molecule has 104 valence electrons. The Balaban J connectivity index is 2.05. The topological polar surface area (TPSA) is 46.3 Å². The van der Waals surface area contributed by atoms with E-state index in [1.54, 1.807) is 4.90 Å². The molecule has 2 N–H and O–H groups in total. The smallest absolute Gasteiger partial charge is 0.341 e. The molecule has 0 radical (unpaired) electrons. The molecule has 1 fully saturated rings. The van der Waals surface area contributed by atoms with Crippen molar-refractivity contribution in [3.05, 3.63) is 35.4 Å². The third-order valence-electron chi connectivity index (χ3n) is 3.19. The van der Waals surface area contributed by atoms with Gasteiger partial charge in [0, 0.05) is 19.1 Å². The van der Waals surface area contributed by atoms with E-state index >= 15 is 0 Å². The van der Waals surface area contributed by atoms with Gasteiger partial charge in [-0.1, -0.05) is 18.2 Å². The summed E-state index contributed by atoms with van der Waals surface area (Å²) in [6.07, 6.45) is -3.65. The van der Waals surface area contributed by atoms with Crippen LogP contribution in [0, 0.1) is 0 Å². The Morgan fingerprint density at radius 2 is 2.16 bits per heavy atom. The number of likely N-dealkylation sites (tertiary alicyclic amines) is 1. The Bertz CT molecular complexity index is 473. The lowest BCUT2D eigenvalue weighted by Crippen LogP contribution is -2.32. The summed E-state index contributed by atoms with van der Waals surface area (Å²) >= 11 is 0. The Kier molecular flexibility index (Phi) is 3.80. The van der Waals surface area contributed by atoms with Crippen molar-refractivity contribution in [2.75, 3.05) is 13.1 Å². The van der Waals surface area contributed by atoms with Crippen LogP contribution >= 0.6 is 0 Å². The predicted molar refractivity (Wildman–Crippen MR) is 64.3 cm³/mol. The van der Waals surface area contributed by atoms with Crippen molar-refractivity contribution >= 4 is 5.91 Å². The molecular weight excluding hydrogens is 257 g/mol. The minimum absolute atomic E-state index is 0.0172. The van der Waals surface area contributed by atoms with Crippen molar-refractivity contribution in [3.8, 4) is 0 Å². The highest BCUT2D eigenvalue weighted by Gasteiger charge is 2.30. The Labute approximate surface area is 109 Å². The molecule has 1 amide bonds. The molecule has 1 aromatic carbocycles. The molecule has 1 atom stereocenters. The highest BCUT2D eigenvalue weighted by Crippen LogP contribution is 2.29. The number of hydrogen-bond acceptors (Lipinski definition) is 2. The lowest BCUT2D eigenvalue weighted by Gasteiger charge is -2.16. The van der Waals surface area contributed by atoms with Crippen LogP contribution in [0.15, 0.2) is 24.3 Å². The summed E-state index contributed by atoms with van der Waals surface area (Å²) in [4.78, 5) is 13.5. The minimum atomic E-state index is -4.38. The minimum Gasteiger partial charge on any atom is -0.341 e. The van der Waals surface area contributed by atoms with Gasteiger partial charge in [-0.15, -0.1) is 0 Å². The molecule has 0 bridgehead atoms. The van der Waals surface area contributed by atoms with Crippen LogP contribution in [0.4, 0.5) is 13.2 Å². The maximum absolute atomic E-state index is 12.5. The number of benzene rings is 1. The zero-order valence-corrected chi connectivity index (χ0v) is 10.3. The maximum Gasteiger partial charge on any atom is 0.416 e. The van der Waals surface area contributed by atoms with E-state index in [9.17, 15) is 18.0 Å². The second-order valence-corrected chi connectivity index (χ2v) is 4.76. The van der Waals surface area contributed by atoms with E-state index in [1.807, 2.05) is 0 Å². The van der Waals surface area contributed by atoms with E-state index in [1.165, 1.54) is 12.1 Å². The third-order valence-corrected chi connectivity index (χ3v) is 3.19. The molecule has 1 aliphatic heterocycles. The molecule has 0 aromatic heterocycles. The van der Waals surface area contributed by atoms with Gasteiger partial charge in [-0.25, -0.2) is 0 Å². The van der Waals surface area contributed by atoms with Gasteiger partial charge < -0.3 is 10.6 Å². The van der Waals surface area contributed by atoms with Crippen LogP contribution in [-0.2, 0) is 17.4 Å². The summed E-state index contributed by atoms with van der Waals surface area (Å²) in [7, 11) is 0. The van der Waals surface area contributed by atoms with Gasteiger partial charge in [-0.3, -0.25) is 4.79 Å². The zero-order chi connectivity index (χ0) is 14.0. The summed E-state index contributed by atoms with van der Waals surface area (Å²) in [5.41, 5.74) is 5.34. The van der Waals surface area contributed by atoms with Crippen molar-refractivity contribution < 1.29 is 18.0 Å². The molecule has 0 aliphatic carbocycles. The number of amides is 1. The molecule has 1 saturated heterocycles. The summed E-state index contributed by atoms with van der Waals surface area (Å²) < 4.78 is 37.6. The van der Waals surface area contributed by atoms with Crippen LogP contribution in [0.3, 0.4) is 0 Å². The molecule has 19 heavy (non-hydrogen) atoms. The number of carbonyl (C=O) groups excluding carboxylic acids is 1. The lowest BCUT2D eigenvalue weighted by molar-refractivity contribution is -0.137. The molecule has 1 aliphatic rings. The maximum atomic E-state index is 12.5. The van der Waals surface area contributed by atoms with Crippen LogP contribution in [0.5, 0.6) is 0 Å². The van der Waals surface area contributed by atoms with Crippen molar-refractivity contribution in [1.29, 1.82) is 0 Å². The number of nitrogens with two attached hydrogens (primary N) is 1. The normalized spacial score (nSPS) is 19.8. The molecule has 3 nitrogen and oxygen atoms in total. The lowest BCUT2D eigenvalue weighted by atomic mass is 10.1. The van der Waals surface area contributed by atoms with Gasteiger partial charge >= 0.3 is 6.18 Å². The van der Waals surface area contributed by atoms with Gasteiger partial charge in [0.2, 0.25) is 5.91 Å². The fraction of sp³-hybridized carbons (Fsp3) is 0.462. The van der Waals surface area contributed by atoms with Crippen LogP contribution < -0.4 is 5.73 Å². The van der Waals surface area contributed by atoms with Crippen molar-refractivity contribution in [3.63, 3.8) is 0 Å². The summed E-state index contributed by atoms with van der Waals surface area (Å²) in [6, 6.07) is 4.85. The molecule has 1 aromatic rings. The number of carbonyl (C=O) groups is 1. The van der Waals surface area contributed by atoms with Crippen LogP contribution in [0.25, 0.3) is 0 Å². The summed E-state index contributed by atoms with van der Waals surface area (Å²) in [6.45, 7) is 1.07. The molecule has 0 saturated carbocycles. The SMILES string of the molecule is NC1CCN(C(=O)Cc2cccc(C(F)(F)F)c2)C1. The van der Waals surface area contributed by atoms with Gasteiger partial charge in [0.1, 0.15) is 0 Å². The molecular formula is C13H15F3N2O. The largest absolute Gasteiger partial charge is 0.416 e. The fourth-order valence-corrected chi connectivity index (χ4v) is 2.16. The second-order valence-electron chi connectivity index (χ2n) is 4.76. The predicted octanol–water partition coefficient (Wildman–Crippen LogP) is 1.81. The van der Waals surface area contributed by atoms with Gasteiger partial charge in [0.15, 0.2) is 0 Å². The quantitative estimate of drug-likeness (QED) is 0.892. The number of nitrogens with zero attached hydrogens (tertiary/aromatic N) is 1. The number of hydrogen-bond donors (Lipinski definition) is 1. The Morgan fingerprint density at radius 1 is 1.42 bits per heavy atom. The number of alkyl halides is 3. The highest BCUT2D eigenvalue weighted by atomic mass is 19.4. The van der Waals surface area contributed by atoms with E-state index in [0.717, 1.165) is 18.6 Å². The highest BCUT2D eigenvalue weighted by molar-refractivity contribution is 5.79. The average molecular weight is 272 g/mol. The first kappa shape index (κ1) is 13.9. The Morgan fingerprint density at radius 3 is 2.74 bits per heavy atom. The van der Waals surface area contributed by atoms with Crippen molar-refractivity contribution in [2.24, 2.45) is 5.73 Å². The van der Waals surface area contributed by atoms with Crippen molar-refractivity contribution in [1.82, 2.24) is 4.90 Å². The molecule has 2 rings (SSSR count). The fourth-order valence-electron chi connectivity index (χ4n) is 2.16. The van der Waals surface area contributed by atoms with Crippen LogP contribution in [0.1, 0.15) is 17.5 Å². The van der Waals surface area contributed by atoms with Gasteiger partial charge in [0.05, 0.1) is 12.0 Å². The van der Waals surface area contributed by atoms with E-state index in [4.69, 9.17) is 5.73 Å².